The molecule has 0 aliphatic carbocycles. The van der Waals surface area contributed by atoms with E-state index in [2.05, 4.69) is 54.2 Å². The summed E-state index contributed by atoms with van der Waals surface area (Å²) >= 11 is 0. The van der Waals surface area contributed by atoms with Gasteiger partial charge < -0.3 is 0 Å². The minimum atomic E-state index is 0.436. The van der Waals surface area contributed by atoms with Crippen molar-refractivity contribution in [2.24, 2.45) is 23.2 Å². The molecule has 3 unspecified atom stereocenters. The van der Waals surface area contributed by atoms with Gasteiger partial charge in [-0.25, -0.2) is 0 Å². The van der Waals surface area contributed by atoms with Crippen LogP contribution in [-0.4, -0.2) is 0 Å². The maximum Gasteiger partial charge on any atom is -0.0234 e. The molecule has 84 valence electrons. The van der Waals surface area contributed by atoms with Crippen molar-refractivity contribution >= 4 is 0 Å². The van der Waals surface area contributed by atoms with E-state index >= 15 is 0 Å². The predicted molar refractivity (Wildman–Crippen MR) is 66.4 cm³/mol. The van der Waals surface area contributed by atoms with E-state index in [-0.39, 0.29) is 0 Å². The van der Waals surface area contributed by atoms with Gasteiger partial charge in [-0.1, -0.05) is 54.0 Å². The van der Waals surface area contributed by atoms with Gasteiger partial charge in [0.2, 0.25) is 0 Å². The summed E-state index contributed by atoms with van der Waals surface area (Å²) in [5, 5.41) is 0. The van der Waals surface area contributed by atoms with Crippen molar-refractivity contribution in [3.63, 3.8) is 0 Å². The van der Waals surface area contributed by atoms with Crippen LogP contribution in [0, 0.1) is 23.2 Å². The molecule has 0 aromatic rings. The van der Waals surface area contributed by atoms with Gasteiger partial charge in [-0.05, 0) is 29.6 Å². The van der Waals surface area contributed by atoms with Gasteiger partial charge in [0.05, 0.1) is 0 Å². The van der Waals surface area contributed by atoms with E-state index in [1.54, 1.807) is 0 Å². The van der Waals surface area contributed by atoms with Crippen molar-refractivity contribution in [2.75, 3.05) is 0 Å². The Hall–Kier alpha value is -0.260. The number of hydrogen-bond acceptors (Lipinski definition) is 0. The summed E-state index contributed by atoms with van der Waals surface area (Å²) in [6.07, 6.45) is 4.69. The first-order chi connectivity index (χ1) is 6.31. The molecule has 0 fully saturated rings. The zero-order valence-corrected chi connectivity index (χ0v) is 10.9. The molecule has 0 amide bonds. The Kier molecular flexibility index (Phi) is 5.48. The van der Waals surface area contributed by atoms with Crippen LogP contribution >= 0.6 is 0 Å². The van der Waals surface area contributed by atoms with Gasteiger partial charge in [-0.3, -0.25) is 0 Å². The predicted octanol–water partition coefficient (Wildman–Crippen LogP) is 4.91. The molecule has 0 saturated carbocycles. The molecule has 0 nitrogen and oxygen atoms in total. The van der Waals surface area contributed by atoms with E-state index in [9.17, 15) is 0 Å². The molecule has 0 aliphatic heterocycles. The Morgan fingerprint density at radius 1 is 1.21 bits per heavy atom. The van der Waals surface area contributed by atoms with Gasteiger partial charge in [-0.2, -0.15) is 0 Å². The van der Waals surface area contributed by atoms with E-state index in [1.165, 1.54) is 12.8 Å². The summed E-state index contributed by atoms with van der Waals surface area (Å²) in [5.41, 5.74) is 0.436. The standard InChI is InChI=1S/C14H28/c1-8-11(3)13(12(4)9-2)10-14(5,6)7/h8,11-13H,1,9-10H2,2-7H3. The minimum Gasteiger partial charge on any atom is -0.103 e. The Bertz CT molecular complexity index is 161. The summed E-state index contributed by atoms with van der Waals surface area (Å²) in [6, 6.07) is 0. The first kappa shape index (κ1) is 13.7. The lowest BCUT2D eigenvalue weighted by atomic mass is 9.73. The highest BCUT2D eigenvalue weighted by atomic mass is 14.3. The van der Waals surface area contributed by atoms with Crippen LogP contribution in [0.5, 0.6) is 0 Å². The molecule has 14 heavy (non-hydrogen) atoms. The fraction of sp³-hybridized carbons (Fsp3) is 0.857. The topological polar surface area (TPSA) is 0 Å². The van der Waals surface area contributed by atoms with Crippen LogP contribution < -0.4 is 0 Å². The molecule has 3 atom stereocenters. The van der Waals surface area contributed by atoms with Crippen LogP contribution in [0.15, 0.2) is 12.7 Å². The lowest BCUT2D eigenvalue weighted by Crippen LogP contribution is -2.24. The van der Waals surface area contributed by atoms with E-state index in [0.29, 0.717) is 11.3 Å². The molecule has 0 aromatic heterocycles. The van der Waals surface area contributed by atoms with E-state index in [4.69, 9.17) is 0 Å². The second kappa shape index (κ2) is 5.58. The molecule has 0 aromatic carbocycles. The van der Waals surface area contributed by atoms with E-state index < -0.39 is 0 Å². The third-order valence-corrected chi connectivity index (χ3v) is 3.27. The number of allylic oxidation sites excluding steroid dienone is 1. The molecule has 0 saturated heterocycles. The Balaban J connectivity index is 4.47. The van der Waals surface area contributed by atoms with E-state index in [0.717, 1.165) is 11.8 Å². The van der Waals surface area contributed by atoms with Gasteiger partial charge in [0.15, 0.2) is 0 Å². The van der Waals surface area contributed by atoms with Crippen molar-refractivity contribution in [3.8, 4) is 0 Å². The summed E-state index contributed by atoms with van der Waals surface area (Å²) < 4.78 is 0. The number of rotatable bonds is 5. The molecule has 0 spiro atoms. The average Bonchev–Trinajstić information content (AvgIpc) is 2.10. The Labute approximate surface area is 90.8 Å². The smallest absolute Gasteiger partial charge is 0.0234 e. The third-order valence-electron chi connectivity index (χ3n) is 3.27. The summed E-state index contributed by atoms with van der Waals surface area (Å²) in [5.74, 6) is 2.24. The lowest BCUT2D eigenvalue weighted by Gasteiger charge is -2.33. The van der Waals surface area contributed by atoms with Crippen LogP contribution in [0.2, 0.25) is 0 Å². The SMILES string of the molecule is C=CC(C)C(CC(C)(C)C)C(C)CC. The normalized spacial score (nSPS) is 18.7. The first-order valence-corrected chi connectivity index (χ1v) is 5.94. The highest BCUT2D eigenvalue weighted by Gasteiger charge is 2.25. The molecule has 0 aliphatic rings. The molecular weight excluding hydrogens is 168 g/mol. The zero-order valence-electron chi connectivity index (χ0n) is 10.9. The maximum atomic E-state index is 3.93. The van der Waals surface area contributed by atoms with Crippen LogP contribution in [0.25, 0.3) is 0 Å². The van der Waals surface area contributed by atoms with Gasteiger partial charge in [-0.15, -0.1) is 6.58 Å². The van der Waals surface area contributed by atoms with E-state index in [1.807, 2.05) is 0 Å². The first-order valence-electron chi connectivity index (χ1n) is 5.94. The van der Waals surface area contributed by atoms with Gasteiger partial charge in [0.1, 0.15) is 0 Å². The molecule has 0 radical (unpaired) electrons. The molecule has 0 rings (SSSR count). The van der Waals surface area contributed by atoms with Crippen molar-refractivity contribution in [3.05, 3.63) is 12.7 Å². The van der Waals surface area contributed by atoms with Crippen molar-refractivity contribution in [2.45, 2.75) is 54.4 Å². The molecular formula is C14H28. The fourth-order valence-electron chi connectivity index (χ4n) is 2.09. The van der Waals surface area contributed by atoms with Crippen LogP contribution in [-0.2, 0) is 0 Å². The number of hydrogen-bond donors (Lipinski definition) is 0. The third kappa shape index (κ3) is 4.83. The Morgan fingerprint density at radius 2 is 1.71 bits per heavy atom. The van der Waals surface area contributed by atoms with Crippen LogP contribution in [0.1, 0.15) is 54.4 Å². The highest BCUT2D eigenvalue weighted by Crippen LogP contribution is 2.35. The van der Waals surface area contributed by atoms with Gasteiger partial charge >= 0.3 is 0 Å². The largest absolute Gasteiger partial charge is 0.103 e. The van der Waals surface area contributed by atoms with Crippen molar-refractivity contribution in [1.82, 2.24) is 0 Å². The van der Waals surface area contributed by atoms with Crippen LogP contribution in [0.3, 0.4) is 0 Å². The van der Waals surface area contributed by atoms with Crippen molar-refractivity contribution < 1.29 is 0 Å². The fourth-order valence-corrected chi connectivity index (χ4v) is 2.09. The second-order valence-electron chi connectivity index (χ2n) is 5.91. The second-order valence-corrected chi connectivity index (χ2v) is 5.91. The summed E-state index contributed by atoms with van der Waals surface area (Å²) in [7, 11) is 0. The summed E-state index contributed by atoms with van der Waals surface area (Å²) in [4.78, 5) is 0. The average molecular weight is 196 g/mol. The quantitative estimate of drug-likeness (QED) is 0.548. The lowest BCUT2D eigenvalue weighted by molar-refractivity contribution is 0.190. The molecule has 0 N–H and O–H groups in total. The monoisotopic (exact) mass is 196 g/mol. The van der Waals surface area contributed by atoms with Gasteiger partial charge in [0, 0.05) is 0 Å². The Morgan fingerprint density at radius 3 is 2.00 bits per heavy atom. The van der Waals surface area contributed by atoms with Gasteiger partial charge in [0.25, 0.3) is 0 Å². The zero-order chi connectivity index (χ0) is 11.4. The minimum absolute atomic E-state index is 0.436. The molecule has 0 heterocycles. The van der Waals surface area contributed by atoms with Crippen LogP contribution in [0.4, 0.5) is 0 Å². The highest BCUT2D eigenvalue weighted by molar-refractivity contribution is 4.86. The molecule has 0 bridgehead atoms. The summed E-state index contributed by atoms with van der Waals surface area (Å²) in [6.45, 7) is 17.9. The maximum absolute atomic E-state index is 3.93. The van der Waals surface area contributed by atoms with Crippen molar-refractivity contribution in [1.29, 1.82) is 0 Å². The molecule has 0 heteroatoms.